The van der Waals surface area contributed by atoms with Crippen LogP contribution in [-0.4, -0.2) is 5.78 Å². The van der Waals surface area contributed by atoms with E-state index in [1.165, 1.54) is 0 Å². The van der Waals surface area contributed by atoms with Crippen LogP contribution in [0.3, 0.4) is 0 Å². The van der Waals surface area contributed by atoms with Crippen molar-refractivity contribution in [1.29, 1.82) is 0 Å². The maximum atomic E-state index is 12.8. The van der Waals surface area contributed by atoms with E-state index < -0.39 is 0 Å². The highest BCUT2D eigenvalue weighted by Gasteiger charge is 2.25. The van der Waals surface area contributed by atoms with Gasteiger partial charge >= 0.3 is 0 Å². The number of hydrogen-bond donors (Lipinski definition) is 2. The highest BCUT2D eigenvalue weighted by Crippen LogP contribution is 2.32. The summed E-state index contributed by atoms with van der Waals surface area (Å²) in [4.78, 5) is 12.8. The molecule has 122 valence electrons. The van der Waals surface area contributed by atoms with Crippen LogP contribution in [0.15, 0.2) is 59.7 Å². The third-order valence-corrected chi connectivity index (χ3v) is 4.27. The Morgan fingerprint density at radius 2 is 1.17 bits per heavy atom. The Morgan fingerprint density at radius 1 is 0.792 bits per heavy atom. The Balaban J connectivity index is 1.90. The second kappa shape index (κ2) is 6.75. The summed E-state index contributed by atoms with van der Waals surface area (Å²) in [6.07, 6.45) is 5.58. The summed E-state index contributed by atoms with van der Waals surface area (Å²) in [5, 5.41) is 0. The van der Waals surface area contributed by atoms with Crippen molar-refractivity contribution in [3.05, 3.63) is 70.8 Å². The molecule has 1 unspecified atom stereocenters. The van der Waals surface area contributed by atoms with Crippen molar-refractivity contribution < 1.29 is 4.79 Å². The van der Waals surface area contributed by atoms with Gasteiger partial charge in [0.2, 0.25) is 0 Å². The molecular weight excluding hydrogens is 296 g/mol. The van der Waals surface area contributed by atoms with E-state index in [0.717, 1.165) is 46.5 Å². The molecule has 3 rings (SSSR count). The molecule has 24 heavy (non-hydrogen) atoms. The number of carbonyl (C=O) groups excluding carboxylic acids is 1. The monoisotopic (exact) mass is 318 g/mol. The molecule has 0 spiro atoms. The van der Waals surface area contributed by atoms with Crippen molar-refractivity contribution in [2.75, 3.05) is 11.5 Å². The average Bonchev–Trinajstić information content (AvgIpc) is 2.56. The minimum absolute atomic E-state index is 0.141. The Labute approximate surface area is 142 Å². The number of benzene rings is 2. The van der Waals surface area contributed by atoms with Crippen molar-refractivity contribution in [3.63, 3.8) is 0 Å². The van der Waals surface area contributed by atoms with Crippen LogP contribution in [0.4, 0.5) is 11.4 Å². The van der Waals surface area contributed by atoms with Gasteiger partial charge in [-0.2, -0.15) is 0 Å². The lowest BCUT2D eigenvalue weighted by molar-refractivity contribution is -0.113. The molecule has 3 heteroatoms. The van der Waals surface area contributed by atoms with Crippen molar-refractivity contribution in [1.82, 2.24) is 0 Å². The molecule has 0 radical (unpaired) electrons. The molecule has 0 amide bonds. The Bertz CT molecular complexity index is 731. The Kier molecular flexibility index (Phi) is 4.52. The van der Waals surface area contributed by atoms with Gasteiger partial charge in [0, 0.05) is 22.5 Å². The number of hydrogen-bond acceptors (Lipinski definition) is 3. The van der Waals surface area contributed by atoms with Crippen molar-refractivity contribution >= 4 is 29.3 Å². The Morgan fingerprint density at radius 3 is 1.54 bits per heavy atom. The van der Waals surface area contributed by atoms with Gasteiger partial charge in [-0.25, -0.2) is 0 Å². The fourth-order valence-electron chi connectivity index (χ4n) is 3.05. The second-order valence-electron chi connectivity index (χ2n) is 6.52. The molecule has 1 atom stereocenters. The van der Waals surface area contributed by atoms with Gasteiger partial charge in [0.25, 0.3) is 0 Å². The van der Waals surface area contributed by atoms with Crippen LogP contribution in [0.1, 0.15) is 30.9 Å². The second-order valence-corrected chi connectivity index (χ2v) is 6.52. The lowest BCUT2D eigenvalue weighted by Gasteiger charge is -2.22. The number of allylic oxidation sites excluding steroid dienone is 2. The molecule has 4 N–H and O–H groups in total. The van der Waals surface area contributed by atoms with Crippen molar-refractivity contribution in [2.45, 2.75) is 19.8 Å². The Hall–Kier alpha value is -2.81. The number of anilines is 2. The van der Waals surface area contributed by atoms with E-state index >= 15 is 0 Å². The molecule has 0 saturated heterocycles. The topological polar surface area (TPSA) is 69.1 Å². The summed E-state index contributed by atoms with van der Waals surface area (Å²) >= 11 is 0. The molecule has 0 heterocycles. The zero-order chi connectivity index (χ0) is 17.1. The molecule has 1 aliphatic carbocycles. The molecule has 0 aliphatic heterocycles. The molecule has 2 aromatic carbocycles. The number of nitrogens with two attached hydrogens (primary N) is 2. The molecular formula is C21H22N2O. The summed E-state index contributed by atoms with van der Waals surface area (Å²) in [6.45, 7) is 2.18. The van der Waals surface area contributed by atoms with E-state index in [4.69, 9.17) is 11.5 Å². The predicted molar refractivity (Wildman–Crippen MR) is 101 cm³/mol. The average molecular weight is 318 g/mol. The summed E-state index contributed by atoms with van der Waals surface area (Å²) in [5.74, 6) is 0.588. The van der Waals surface area contributed by atoms with Crippen molar-refractivity contribution in [2.24, 2.45) is 5.92 Å². The van der Waals surface area contributed by atoms with Gasteiger partial charge < -0.3 is 11.5 Å². The van der Waals surface area contributed by atoms with Gasteiger partial charge in [0.15, 0.2) is 5.78 Å². The normalized spacial score (nSPS) is 21.4. The summed E-state index contributed by atoms with van der Waals surface area (Å²) in [7, 11) is 0. The highest BCUT2D eigenvalue weighted by molar-refractivity contribution is 6.14. The van der Waals surface area contributed by atoms with Crippen LogP contribution in [-0.2, 0) is 4.79 Å². The van der Waals surface area contributed by atoms with Crippen LogP contribution < -0.4 is 11.5 Å². The lowest BCUT2D eigenvalue weighted by atomic mass is 9.81. The van der Waals surface area contributed by atoms with Crippen LogP contribution in [0.5, 0.6) is 0 Å². The van der Waals surface area contributed by atoms with Crippen LogP contribution in [0, 0.1) is 5.92 Å². The largest absolute Gasteiger partial charge is 0.399 e. The molecule has 1 saturated carbocycles. The van der Waals surface area contributed by atoms with Gasteiger partial charge in [-0.3, -0.25) is 4.79 Å². The van der Waals surface area contributed by atoms with Gasteiger partial charge in [0.1, 0.15) is 0 Å². The maximum absolute atomic E-state index is 12.8. The zero-order valence-corrected chi connectivity index (χ0v) is 13.8. The minimum Gasteiger partial charge on any atom is -0.399 e. The number of ketones is 1. The molecule has 0 bridgehead atoms. The molecule has 0 aromatic heterocycles. The first-order chi connectivity index (χ1) is 11.5. The molecule has 1 aliphatic rings. The van der Waals surface area contributed by atoms with Crippen LogP contribution >= 0.6 is 0 Å². The van der Waals surface area contributed by atoms with E-state index in [-0.39, 0.29) is 5.78 Å². The van der Waals surface area contributed by atoms with E-state index in [0.29, 0.717) is 5.92 Å². The summed E-state index contributed by atoms with van der Waals surface area (Å²) in [5.41, 5.74) is 16.6. The quantitative estimate of drug-likeness (QED) is 0.640. The van der Waals surface area contributed by atoms with Crippen molar-refractivity contribution in [3.8, 4) is 0 Å². The van der Waals surface area contributed by atoms with Crippen LogP contribution in [0.25, 0.3) is 12.2 Å². The molecule has 3 nitrogen and oxygen atoms in total. The fourth-order valence-corrected chi connectivity index (χ4v) is 3.05. The molecule has 2 aromatic rings. The number of rotatable bonds is 2. The third kappa shape index (κ3) is 3.74. The van der Waals surface area contributed by atoms with Gasteiger partial charge in [-0.1, -0.05) is 31.2 Å². The predicted octanol–water partition coefficient (Wildman–Crippen LogP) is 4.32. The summed E-state index contributed by atoms with van der Waals surface area (Å²) in [6, 6.07) is 15.2. The first kappa shape index (κ1) is 16.1. The maximum Gasteiger partial charge on any atom is 0.185 e. The fraction of sp³-hybridized carbons (Fsp3) is 0.190. The number of nitrogen functional groups attached to an aromatic ring is 2. The highest BCUT2D eigenvalue weighted by atomic mass is 16.1. The number of carbonyl (C=O) groups is 1. The standard InChI is InChI=1S/C21H22N2O/c1-14-10-17(12-15-2-6-19(22)7-3-15)21(24)18(11-14)13-16-4-8-20(23)9-5-16/h2-9,12-14H,10-11,22-23H2,1H3/b17-12-,18-13+. The first-order valence-corrected chi connectivity index (χ1v) is 8.18. The minimum atomic E-state index is 0.141. The zero-order valence-electron chi connectivity index (χ0n) is 13.8. The number of Topliss-reactive ketones (excluding diaryl/α,β-unsaturated/α-hetero) is 1. The first-order valence-electron chi connectivity index (χ1n) is 8.18. The van der Waals surface area contributed by atoms with Gasteiger partial charge in [-0.05, 0) is 66.3 Å². The van der Waals surface area contributed by atoms with E-state index in [9.17, 15) is 4.79 Å². The summed E-state index contributed by atoms with van der Waals surface area (Å²) < 4.78 is 0. The lowest BCUT2D eigenvalue weighted by Crippen LogP contribution is -2.18. The van der Waals surface area contributed by atoms with Crippen LogP contribution in [0.2, 0.25) is 0 Å². The molecule has 1 fully saturated rings. The van der Waals surface area contributed by atoms with E-state index in [1.54, 1.807) is 0 Å². The van der Waals surface area contributed by atoms with Gasteiger partial charge in [0.05, 0.1) is 0 Å². The van der Waals surface area contributed by atoms with E-state index in [1.807, 2.05) is 60.7 Å². The van der Waals surface area contributed by atoms with E-state index in [2.05, 4.69) is 6.92 Å². The SMILES string of the molecule is CC1C/C(=C/c2ccc(N)cc2)C(=O)/C(=C/c2ccc(N)cc2)C1. The van der Waals surface area contributed by atoms with Gasteiger partial charge in [-0.15, -0.1) is 0 Å². The third-order valence-electron chi connectivity index (χ3n) is 4.27. The smallest absolute Gasteiger partial charge is 0.185 e.